The van der Waals surface area contributed by atoms with E-state index >= 15 is 0 Å². The van der Waals surface area contributed by atoms with Crippen molar-refractivity contribution in [3.05, 3.63) is 71.9 Å². The Morgan fingerprint density at radius 2 is 1.76 bits per heavy atom. The highest BCUT2D eigenvalue weighted by atomic mass is 35.5. The van der Waals surface area contributed by atoms with Gasteiger partial charge < -0.3 is 25.3 Å². The summed E-state index contributed by atoms with van der Waals surface area (Å²) in [5.74, 6) is 1.40. The van der Waals surface area contributed by atoms with Crippen molar-refractivity contribution in [2.24, 2.45) is 5.41 Å². The van der Waals surface area contributed by atoms with E-state index in [1.54, 1.807) is 12.1 Å². The van der Waals surface area contributed by atoms with E-state index < -0.39 is 10.9 Å². The van der Waals surface area contributed by atoms with Gasteiger partial charge in [0.2, 0.25) is 0 Å². The van der Waals surface area contributed by atoms with E-state index in [0.29, 0.717) is 28.6 Å². The summed E-state index contributed by atoms with van der Waals surface area (Å²) in [6, 6.07) is 5.17. The zero-order valence-corrected chi connectivity index (χ0v) is 22.6. The number of piperidine rings is 1. The summed E-state index contributed by atoms with van der Waals surface area (Å²) in [4.78, 5) is 40.8. The van der Waals surface area contributed by atoms with Gasteiger partial charge in [-0.3, -0.25) is 14.4 Å². The van der Waals surface area contributed by atoms with Crippen molar-refractivity contribution in [1.29, 1.82) is 0 Å². The van der Waals surface area contributed by atoms with E-state index in [2.05, 4.69) is 16.0 Å². The summed E-state index contributed by atoms with van der Waals surface area (Å²) < 4.78 is 5.97. The first-order valence-electron chi connectivity index (χ1n) is 12.7. The number of amides is 1. The summed E-state index contributed by atoms with van der Waals surface area (Å²) in [6.45, 7) is 12.2. The summed E-state index contributed by atoms with van der Waals surface area (Å²) in [5, 5.41) is 10.2. The highest BCUT2D eigenvalue weighted by molar-refractivity contribution is 6.32. The number of halogens is 1. The zero-order valence-electron chi connectivity index (χ0n) is 21.9. The van der Waals surface area contributed by atoms with Gasteiger partial charge in [-0.05, 0) is 69.0 Å². The van der Waals surface area contributed by atoms with Crippen LogP contribution in [0.15, 0.2) is 32.2 Å². The Kier molecular flexibility index (Phi) is 6.44. The quantitative estimate of drug-likeness (QED) is 0.398. The molecule has 2 aliphatic rings. The van der Waals surface area contributed by atoms with Crippen LogP contribution in [0.5, 0.6) is 0 Å². The lowest BCUT2D eigenvalue weighted by molar-refractivity contribution is 0.0669. The molecule has 0 aliphatic carbocycles. The molecule has 0 spiro atoms. The lowest BCUT2D eigenvalue weighted by Gasteiger charge is -2.32. The molecule has 0 radical (unpaired) electrons. The maximum absolute atomic E-state index is 13.5. The predicted molar refractivity (Wildman–Crippen MR) is 146 cm³/mol. The topological polar surface area (TPSA) is 104 Å². The molecule has 37 heavy (non-hydrogen) atoms. The molecular weight excluding hydrogens is 492 g/mol. The molecule has 3 N–H and O–H groups in total. The first kappa shape index (κ1) is 25.5. The maximum atomic E-state index is 13.5. The summed E-state index contributed by atoms with van der Waals surface area (Å²) >= 11 is 6.50. The van der Waals surface area contributed by atoms with Crippen molar-refractivity contribution in [2.45, 2.75) is 66.1 Å². The highest BCUT2D eigenvalue weighted by Crippen LogP contribution is 2.41. The van der Waals surface area contributed by atoms with Gasteiger partial charge >= 0.3 is 0 Å². The van der Waals surface area contributed by atoms with Gasteiger partial charge in [0.15, 0.2) is 0 Å². The lowest BCUT2D eigenvalue weighted by Crippen LogP contribution is -2.43. The molecule has 1 amide bonds. The van der Waals surface area contributed by atoms with Crippen LogP contribution in [0.1, 0.15) is 72.7 Å². The monoisotopic (exact) mass is 524 g/mol. The van der Waals surface area contributed by atoms with Crippen molar-refractivity contribution in [3.63, 3.8) is 0 Å². The Morgan fingerprint density at radius 3 is 2.38 bits per heavy atom. The SMILES string of the molecule is Cc1cc([C@H](Nc2c(Nc3ccc(Cl)c4c3C(=O)N(C3CCNCC3)C4)c(=O)c2=O)C(C)(C)C)oc1C. The van der Waals surface area contributed by atoms with Gasteiger partial charge in [0, 0.05) is 23.2 Å². The average Bonchev–Trinajstić information content (AvgIpc) is 3.38. The number of carbonyl (C=O) groups excluding carboxylic acids is 1. The molecular formula is C28H33ClN4O4. The van der Waals surface area contributed by atoms with E-state index in [0.717, 1.165) is 42.8 Å². The van der Waals surface area contributed by atoms with Crippen LogP contribution in [0.4, 0.5) is 17.1 Å². The number of aryl methyl sites for hydroxylation is 2. The Morgan fingerprint density at radius 1 is 1.08 bits per heavy atom. The van der Waals surface area contributed by atoms with Crippen LogP contribution in [-0.4, -0.2) is 29.9 Å². The van der Waals surface area contributed by atoms with Crippen LogP contribution >= 0.6 is 11.6 Å². The molecule has 1 saturated heterocycles. The maximum Gasteiger partial charge on any atom is 0.256 e. The molecule has 9 heteroatoms. The van der Waals surface area contributed by atoms with Gasteiger partial charge in [-0.2, -0.15) is 0 Å². The third-order valence-corrected chi connectivity index (χ3v) is 7.96. The Labute approximate surface area is 221 Å². The van der Waals surface area contributed by atoms with Gasteiger partial charge in [-0.25, -0.2) is 0 Å². The van der Waals surface area contributed by atoms with E-state index in [4.69, 9.17) is 16.0 Å². The molecule has 8 nitrogen and oxygen atoms in total. The minimum atomic E-state index is -0.619. The van der Waals surface area contributed by atoms with Crippen LogP contribution in [-0.2, 0) is 6.54 Å². The number of hydrogen-bond donors (Lipinski definition) is 3. The number of hydrogen-bond acceptors (Lipinski definition) is 7. The van der Waals surface area contributed by atoms with Crippen LogP contribution < -0.4 is 26.8 Å². The molecule has 5 rings (SSSR count). The third kappa shape index (κ3) is 4.46. The molecule has 196 valence electrons. The van der Waals surface area contributed by atoms with Crippen molar-refractivity contribution >= 4 is 34.6 Å². The van der Waals surface area contributed by atoms with Gasteiger partial charge in [0.1, 0.15) is 22.9 Å². The van der Waals surface area contributed by atoms with Crippen molar-refractivity contribution in [1.82, 2.24) is 10.2 Å². The fourth-order valence-electron chi connectivity index (χ4n) is 5.31. The van der Waals surface area contributed by atoms with E-state index in [1.807, 2.05) is 45.6 Å². The number of fused-ring (bicyclic) bond motifs is 1. The first-order valence-corrected chi connectivity index (χ1v) is 13.1. The minimum absolute atomic E-state index is 0.103. The smallest absolute Gasteiger partial charge is 0.256 e. The standard InChI is InChI=1S/C28H33ClN4O4/c1-14-12-20(37-15(14)2)26(28(3,4)5)32-23-22(24(34)25(23)35)31-19-7-6-18(29)17-13-33(27(36)21(17)19)16-8-10-30-11-9-16/h6-7,12,16,26,30-32H,8-11,13H2,1-5H3/t26-/m0/s1. The highest BCUT2D eigenvalue weighted by Gasteiger charge is 2.38. The van der Waals surface area contributed by atoms with Gasteiger partial charge in [-0.1, -0.05) is 32.4 Å². The fourth-order valence-corrected chi connectivity index (χ4v) is 5.53. The van der Waals surface area contributed by atoms with Gasteiger partial charge in [-0.15, -0.1) is 0 Å². The molecule has 1 atom stereocenters. The molecule has 2 aliphatic heterocycles. The molecule has 3 heterocycles. The van der Waals surface area contributed by atoms with Gasteiger partial charge in [0.25, 0.3) is 16.8 Å². The number of nitrogens with one attached hydrogen (secondary N) is 3. The van der Waals surface area contributed by atoms with Crippen molar-refractivity contribution < 1.29 is 9.21 Å². The number of rotatable bonds is 6. The van der Waals surface area contributed by atoms with Crippen molar-refractivity contribution in [2.75, 3.05) is 23.7 Å². The molecule has 3 aromatic rings. The van der Waals surface area contributed by atoms with Gasteiger partial charge in [0.05, 0.1) is 17.3 Å². The second-order valence-corrected chi connectivity index (χ2v) is 11.6. The number of furan rings is 1. The van der Waals surface area contributed by atoms with E-state index in [-0.39, 0.29) is 34.8 Å². The molecule has 1 fully saturated rings. The summed E-state index contributed by atoms with van der Waals surface area (Å²) in [6.07, 6.45) is 1.76. The van der Waals surface area contributed by atoms with E-state index in [1.165, 1.54) is 0 Å². The van der Waals surface area contributed by atoms with Crippen LogP contribution in [0.25, 0.3) is 0 Å². The van der Waals surface area contributed by atoms with E-state index in [9.17, 15) is 14.4 Å². The normalized spacial score (nSPS) is 17.4. The predicted octanol–water partition coefficient (Wildman–Crippen LogP) is 4.80. The second kappa shape index (κ2) is 9.33. The molecule has 1 aromatic heterocycles. The molecule has 0 bridgehead atoms. The number of carbonyl (C=O) groups is 1. The Bertz CT molecular complexity index is 1420. The summed E-state index contributed by atoms with van der Waals surface area (Å²) in [5.41, 5.74) is 1.53. The number of anilines is 3. The summed E-state index contributed by atoms with van der Waals surface area (Å²) in [7, 11) is 0. The van der Waals surface area contributed by atoms with Crippen molar-refractivity contribution in [3.8, 4) is 0 Å². The fraction of sp³-hybridized carbons (Fsp3) is 0.464. The average molecular weight is 525 g/mol. The first-order chi connectivity index (χ1) is 17.5. The van der Waals surface area contributed by atoms with Crippen LogP contribution in [0.2, 0.25) is 5.02 Å². The number of nitrogens with zero attached hydrogens (tertiary/aromatic N) is 1. The van der Waals surface area contributed by atoms with Crippen LogP contribution in [0.3, 0.4) is 0 Å². The lowest BCUT2D eigenvalue weighted by atomic mass is 9.84. The molecule has 2 aromatic carbocycles. The second-order valence-electron chi connectivity index (χ2n) is 11.2. The Balaban J connectivity index is 1.47. The van der Waals surface area contributed by atoms with Crippen LogP contribution in [0, 0.1) is 19.3 Å². The third-order valence-electron chi connectivity index (χ3n) is 7.60. The minimum Gasteiger partial charge on any atom is -0.464 e. The zero-order chi connectivity index (χ0) is 26.6. The molecule has 0 unspecified atom stereocenters. The molecule has 0 saturated carbocycles. The largest absolute Gasteiger partial charge is 0.464 e. The Hall–Kier alpha value is -3.10. The number of benzene rings is 1.